The van der Waals surface area contributed by atoms with Gasteiger partial charge >= 0.3 is 0 Å². The molecule has 4 nitrogen and oxygen atoms in total. The van der Waals surface area contributed by atoms with Crippen LogP contribution in [-0.4, -0.2) is 20.8 Å². The Morgan fingerprint density at radius 3 is 2.53 bits per heavy atom. The van der Waals surface area contributed by atoms with E-state index in [-0.39, 0.29) is 0 Å². The van der Waals surface area contributed by atoms with Gasteiger partial charge in [0.05, 0.1) is 6.54 Å². The van der Waals surface area contributed by atoms with Crippen molar-refractivity contribution in [1.29, 1.82) is 0 Å². The van der Waals surface area contributed by atoms with Gasteiger partial charge in [-0.25, -0.2) is 0 Å². The lowest BCUT2D eigenvalue weighted by molar-refractivity contribution is 0.159. The first-order chi connectivity index (χ1) is 9.00. The second-order valence-corrected chi connectivity index (χ2v) is 6.83. The van der Waals surface area contributed by atoms with E-state index in [4.69, 9.17) is 0 Å². The number of aryl methyl sites for hydroxylation is 1. The summed E-state index contributed by atoms with van der Waals surface area (Å²) in [5.74, 6) is 1.94. The highest BCUT2D eigenvalue weighted by atomic mass is 15.3. The molecule has 1 heterocycles. The third kappa shape index (κ3) is 3.78. The van der Waals surface area contributed by atoms with E-state index in [0.717, 1.165) is 24.8 Å². The van der Waals surface area contributed by atoms with E-state index in [1.54, 1.807) is 0 Å². The van der Waals surface area contributed by atoms with Gasteiger partial charge < -0.3 is 9.88 Å². The highest BCUT2D eigenvalue weighted by molar-refractivity contribution is 4.88. The molecule has 0 bridgehead atoms. The summed E-state index contributed by atoms with van der Waals surface area (Å²) in [6.45, 7) is 11.0. The second kappa shape index (κ2) is 6.04. The Morgan fingerprint density at radius 2 is 1.95 bits per heavy atom. The van der Waals surface area contributed by atoms with Gasteiger partial charge in [0.2, 0.25) is 0 Å². The third-order valence-electron chi connectivity index (χ3n) is 4.54. The molecule has 0 radical (unpaired) electrons. The molecule has 1 aromatic heterocycles. The molecule has 108 valence electrons. The lowest BCUT2D eigenvalue weighted by Gasteiger charge is -2.37. The quantitative estimate of drug-likeness (QED) is 0.909. The fraction of sp³-hybridized carbons (Fsp3) is 0.867. The van der Waals surface area contributed by atoms with Crippen LogP contribution in [0, 0.1) is 11.3 Å². The number of hydrogen-bond acceptors (Lipinski definition) is 3. The summed E-state index contributed by atoms with van der Waals surface area (Å²) >= 11 is 0. The van der Waals surface area contributed by atoms with E-state index in [9.17, 15) is 0 Å². The maximum atomic E-state index is 4.18. The summed E-state index contributed by atoms with van der Waals surface area (Å²) in [4.78, 5) is 0. The van der Waals surface area contributed by atoms with Crippen molar-refractivity contribution in [3.63, 3.8) is 0 Å². The number of nitrogens with one attached hydrogen (secondary N) is 1. The van der Waals surface area contributed by atoms with Crippen LogP contribution in [0.5, 0.6) is 0 Å². The van der Waals surface area contributed by atoms with Gasteiger partial charge in [-0.15, -0.1) is 10.2 Å². The molecule has 1 aliphatic rings. The van der Waals surface area contributed by atoms with Crippen molar-refractivity contribution in [3.8, 4) is 0 Å². The molecule has 0 spiro atoms. The molecule has 1 N–H and O–H groups in total. The van der Waals surface area contributed by atoms with Gasteiger partial charge in [0.15, 0.2) is 0 Å². The summed E-state index contributed by atoms with van der Waals surface area (Å²) in [6, 6.07) is 0.653. The van der Waals surface area contributed by atoms with Gasteiger partial charge in [-0.2, -0.15) is 0 Å². The maximum absolute atomic E-state index is 4.18. The number of rotatable bonds is 4. The number of nitrogens with zero attached hydrogens (tertiary/aromatic N) is 3. The summed E-state index contributed by atoms with van der Waals surface area (Å²) in [5, 5.41) is 11.8. The number of aromatic nitrogens is 3. The van der Waals surface area contributed by atoms with Crippen molar-refractivity contribution >= 4 is 0 Å². The van der Waals surface area contributed by atoms with Crippen molar-refractivity contribution in [2.24, 2.45) is 11.3 Å². The van der Waals surface area contributed by atoms with Crippen molar-refractivity contribution in [1.82, 2.24) is 20.1 Å². The summed E-state index contributed by atoms with van der Waals surface area (Å²) < 4.78 is 2.10. The molecule has 0 aromatic carbocycles. The highest BCUT2D eigenvalue weighted by Crippen LogP contribution is 2.37. The third-order valence-corrected chi connectivity index (χ3v) is 4.54. The Kier molecular flexibility index (Phi) is 4.61. The van der Waals surface area contributed by atoms with Crippen LogP contribution >= 0.6 is 0 Å². The second-order valence-electron chi connectivity index (χ2n) is 6.83. The van der Waals surface area contributed by atoms with Crippen molar-refractivity contribution in [3.05, 3.63) is 12.2 Å². The van der Waals surface area contributed by atoms with Crippen LogP contribution in [0.2, 0.25) is 0 Å². The van der Waals surface area contributed by atoms with Crippen LogP contribution in [0.15, 0.2) is 6.33 Å². The molecule has 0 aliphatic heterocycles. The Labute approximate surface area is 117 Å². The Morgan fingerprint density at radius 1 is 1.26 bits per heavy atom. The number of hydrogen-bond donors (Lipinski definition) is 1. The summed E-state index contributed by atoms with van der Waals surface area (Å²) in [5.41, 5.74) is 0.466. The molecule has 1 fully saturated rings. The van der Waals surface area contributed by atoms with E-state index >= 15 is 0 Å². The molecule has 0 atom stereocenters. The normalized spacial score (nSPS) is 24.6. The lowest BCUT2D eigenvalue weighted by Crippen LogP contribution is -2.36. The zero-order valence-corrected chi connectivity index (χ0v) is 12.8. The first kappa shape index (κ1) is 14.5. The molecular weight excluding hydrogens is 236 g/mol. The molecule has 2 rings (SSSR count). The Balaban J connectivity index is 1.77. The monoisotopic (exact) mass is 264 g/mol. The van der Waals surface area contributed by atoms with Gasteiger partial charge in [-0.05, 0) is 43.9 Å². The molecular formula is C15H28N4. The smallest absolute Gasteiger partial charge is 0.146 e. The summed E-state index contributed by atoms with van der Waals surface area (Å²) in [7, 11) is 0. The first-order valence-electron chi connectivity index (χ1n) is 7.60. The van der Waals surface area contributed by atoms with Gasteiger partial charge in [0.1, 0.15) is 12.2 Å². The minimum absolute atomic E-state index is 0.466. The van der Waals surface area contributed by atoms with Crippen LogP contribution in [0.4, 0.5) is 0 Å². The average Bonchev–Trinajstić information content (AvgIpc) is 2.83. The maximum Gasteiger partial charge on any atom is 0.146 e. The van der Waals surface area contributed by atoms with Crippen LogP contribution in [-0.2, 0) is 13.1 Å². The average molecular weight is 264 g/mol. The Bertz CT molecular complexity index is 383. The zero-order valence-electron chi connectivity index (χ0n) is 12.8. The fourth-order valence-corrected chi connectivity index (χ4v) is 3.08. The zero-order chi connectivity index (χ0) is 13.9. The fourth-order valence-electron chi connectivity index (χ4n) is 3.08. The molecule has 1 aliphatic carbocycles. The Hall–Kier alpha value is -0.900. The SMILES string of the molecule is CCn1cnnc1CNC1CCC(C(C)(C)C)CC1. The molecule has 0 unspecified atom stereocenters. The summed E-state index contributed by atoms with van der Waals surface area (Å²) in [6.07, 6.45) is 7.10. The molecule has 0 saturated heterocycles. The predicted octanol–water partition coefficient (Wildman–Crippen LogP) is 2.99. The van der Waals surface area contributed by atoms with Crippen LogP contribution in [0.1, 0.15) is 59.2 Å². The van der Waals surface area contributed by atoms with Gasteiger partial charge in [-0.3, -0.25) is 0 Å². The van der Waals surface area contributed by atoms with Gasteiger partial charge in [0.25, 0.3) is 0 Å². The van der Waals surface area contributed by atoms with E-state index in [0.29, 0.717) is 11.5 Å². The van der Waals surface area contributed by atoms with Crippen LogP contribution < -0.4 is 5.32 Å². The molecule has 1 aromatic rings. The van der Waals surface area contributed by atoms with Crippen LogP contribution in [0.3, 0.4) is 0 Å². The minimum atomic E-state index is 0.466. The highest BCUT2D eigenvalue weighted by Gasteiger charge is 2.29. The van der Waals surface area contributed by atoms with Crippen LogP contribution in [0.25, 0.3) is 0 Å². The van der Waals surface area contributed by atoms with Gasteiger partial charge in [-0.1, -0.05) is 20.8 Å². The van der Waals surface area contributed by atoms with Crippen molar-refractivity contribution in [2.45, 2.75) is 72.5 Å². The van der Waals surface area contributed by atoms with E-state index in [2.05, 4.69) is 47.8 Å². The topological polar surface area (TPSA) is 42.7 Å². The molecule has 4 heteroatoms. The minimum Gasteiger partial charge on any atom is -0.317 e. The van der Waals surface area contributed by atoms with Gasteiger partial charge in [0, 0.05) is 12.6 Å². The first-order valence-corrected chi connectivity index (χ1v) is 7.60. The van der Waals surface area contributed by atoms with E-state index < -0.39 is 0 Å². The van der Waals surface area contributed by atoms with Crippen molar-refractivity contribution in [2.75, 3.05) is 0 Å². The van der Waals surface area contributed by atoms with E-state index in [1.807, 2.05) is 6.33 Å². The largest absolute Gasteiger partial charge is 0.317 e. The standard InChI is InChI=1S/C15H28N4/c1-5-19-11-17-18-14(19)10-16-13-8-6-12(7-9-13)15(2,3)4/h11-13,16H,5-10H2,1-4H3. The van der Waals surface area contributed by atoms with Crippen molar-refractivity contribution < 1.29 is 0 Å². The molecule has 0 amide bonds. The molecule has 1 saturated carbocycles. The molecule has 19 heavy (non-hydrogen) atoms. The lowest BCUT2D eigenvalue weighted by atomic mass is 9.71. The van der Waals surface area contributed by atoms with E-state index in [1.165, 1.54) is 25.7 Å². The predicted molar refractivity (Wildman–Crippen MR) is 77.7 cm³/mol.